The number of nitrogens with zero attached hydrogens (tertiary/aromatic N) is 2. The first-order valence-corrected chi connectivity index (χ1v) is 6.51. The van der Waals surface area contributed by atoms with Crippen LogP contribution in [0.15, 0.2) is 12.1 Å². The Morgan fingerprint density at radius 1 is 1.33 bits per heavy atom. The summed E-state index contributed by atoms with van der Waals surface area (Å²) in [7, 11) is 1.79. The van der Waals surface area contributed by atoms with E-state index in [9.17, 15) is 4.79 Å². The molecule has 0 radical (unpaired) electrons. The summed E-state index contributed by atoms with van der Waals surface area (Å²) in [6.07, 6.45) is 1.71. The maximum Gasteiger partial charge on any atom is 0.254 e. The molecular formula is C12H14Cl2N2O2. The van der Waals surface area contributed by atoms with Gasteiger partial charge in [-0.3, -0.25) is 4.79 Å². The maximum absolute atomic E-state index is 12.3. The van der Waals surface area contributed by atoms with Gasteiger partial charge in [0.15, 0.2) is 0 Å². The van der Waals surface area contributed by atoms with Gasteiger partial charge in [-0.2, -0.15) is 0 Å². The van der Waals surface area contributed by atoms with Crippen molar-refractivity contribution in [1.82, 2.24) is 9.88 Å². The van der Waals surface area contributed by atoms with Crippen LogP contribution in [0.1, 0.15) is 23.2 Å². The first-order chi connectivity index (χ1) is 8.58. The number of carbonyl (C=O) groups excluding carboxylic acids is 1. The van der Waals surface area contributed by atoms with Crippen molar-refractivity contribution in [2.75, 3.05) is 20.3 Å². The predicted molar refractivity (Wildman–Crippen MR) is 70.2 cm³/mol. The fourth-order valence-electron chi connectivity index (χ4n) is 2.03. The second-order valence-corrected chi connectivity index (χ2v) is 5.04. The van der Waals surface area contributed by atoms with E-state index in [1.807, 2.05) is 0 Å². The molecule has 0 bridgehead atoms. The normalized spacial score (nSPS) is 16.6. The molecule has 98 valence electrons. The number of hydrogen-bond donors (Lipinski definition) is 0. The summed E-state index contributed by atoms with van der Waals surface area (Å²) in [5.41, 5.74) is 0.467. The molecule has 0 N–H and O–H groups in total. The molecule has 0 unspecified atom stereocenters. The van der Waals surface area contributed by atoms with E-state index in [2.05, 4.69) is 4.98 Å². The summed E-state index contributed by atoms with van der Waals surface area (Å²) in [4.78, 5) is 17.8. The van der Waals surface area contributed by atoms with Crippen molar-refractivity contribution in [3.05, 3.63) is 28.0 Å². The number of amides is 1. The van der Waals surface area contributed by atoms with E-state index in [-0.39, 0.29) is 22.3 Å². The maximum atomic E-state index is 12.3. The average molecular weight is 289 g/mol. The van der Waals surface area contributed by atoms with Crippen LogP contribution < -0.4 is 0 Å². The topological polar surface area (TPSA) is 42.4 Å². The molecule has 2 rings (SSSR count). The molecule has 1 aliphatic rings. The highest BCUT2D eigenvalue weighted by Crippen LogP contribution is 2.19. The van der Waals surface area contributed by atoms with Gasteiger partial charge in [-0.1, -0.05) is 23.2 Å². The Labute approximate surface area is 116 Å². The Morgan fingerprint density at radius 3 is 2.44 bits per heavy atom. The molecule has 2 heterocycles. The van der Waals surface area contributed by atoms with E-state index in [1.165, 1.54) is 12.1 Å². The predicted octanol–water partition coefficient (Wildman–Crippen LogP) is 2.64. The summed E-state index contributed by atoms with van der Waals surface area (Å²) < 4.78 is 5.28. The second-order valence-electron chi connectivity index (χ2n) is 4.26. The van der Waals surface area contributed by atoms with E-state index < -0.39 is 0 Å². The molecule has 1 saturated heterocycles. The lowest BCUT2D eigenvalue weighted by Crippen LogP contribution is -2.40. The van der Waals surface area contributed by atoms with Crippen LogP contribution in [0.25, 0.3) is 0 Å². The van der Waals surface area contributed by atoms with Crippen molar-refractivity contribution in [3.8, 4) is 0 Å². The molecule has 4 nitrogen and oxygen atoms in total. The zero-order valence-electron chi connectivity index (χ0n) is 10.0. The molecule has 1 aromatic rings. The SMILES string of the molecule is CN(C(=O)c1cc(Cl)nc(Cl)c1)C1CCOCC1. The largest absolute Gasteiger partial charge is 0.381 e. The Hall–Kier alpha value is -0.840. The lowest BCUT2D eigenvalue weighted by Gasteiger charge is -2.31. The highest BCUT2D eigenvalue weighted by Gasteiger charge is 2.23. The van der Waals surface area contributed by atoms with Crippen LogP contribution in [-0.4, -0.2) is 42.1 Å². The van der Waals surface area contributed by atoms with Crippen molar-refractivity contribution in [2.24, 2.45) is 0 Å². The third-order valence-corrected chi connectivity index (χ3v) is 3.46. The van der Waals surface area contributed by atoms with E-state index >= 15 is 0 Å². The van der Waals surface area contributed by atoms with Crippen molar-refractivity contribution < 1.29 is 9.53 Å². The van der Waals surface area contributed by atoms with Crippen LogP contribution >= 0.6 is 23.2 Å². The Kier molecular flexibility index (Phi) is 4.43. The molecule has 0 saturated carbocycles. The Balaban J connectivity index is 2.14. The number of aromatic nitrogens is 1. The van der Waals surface area contributed by atoms with Gasteiger partial charge in [-0.25, -0.2) is 4.98 Å². The van der Waals surface area contributed by atoms with Gasteiger partial charge >= 0.3 is 0 Å². The van der Waals surface area contributed by atoms with E-state index in [1.54, 1.807) is 11.9 Å². The monoisotopic (exact) mass is 288 g/mol. The van der Waals surface area contributed by atoms with Crippen LogP contribution in [0, 0.1) is 0 Å². The van der Waals surface area contributed by atoms with Crippen LogP contribution in [-0.2, 0) is 4.74 Å². The first kappa shape index (κ1) is 13.6. The molecule has 0 spiro atoms. The van der Waals surface area contributed by atoms with Crippen molar-refractivity contribution in [3.63, 3.8) is 0 Å². The van der Waals surface area contributed by atoms with E-state index in [0.29, 0.717) is 18.8 Å². The van der Waals surface area contributed by atoms with Crippen molar-refractivity contribution >= 4 is 29.1 Å². The highest BCUT2D eigenvalue weighted by atomic mass is 35.5. The van der Waals surface area contributed by atoms with Crippen LogP contribution in [0.2, 0.25) is 10.3 Å². The molecule has 1 fully saturated rings. The number of ether oxygens (including phenoxy) is 1. The van der Waals surface area contributed by atoms with Gasteiger partial charge in [0, 0.05) is 31.9 Å². The van der Waals surface area contributed by atoms with Gasteiger partial charge in [-0.15, -0.1) is 0 Å². The summed E-state index contributed by atoms with van der Waals surface area (Å²) >= 11 is 11.6. The van der Waals surface area contributed by atoms with Gasteiger partial charge in [-0.05, 0) is 25.0 Å². The van der Waals surface area contributed by atoms with Crippen molar-refractivity contribution in [2.45, 2.75) is 18.9 Å². The molecule has 1 aromatic heterocycles. The highest BCUT2D eigenvalue weighted by molar-refractivity contribution is 6.33. The van der Waals surface area contributed by atoms with E-state index in [0.717, 1.165) is 12.8 Å². The minimum Gasteiger partial charge on any atom is -0.381 e. The fourth-order valence-corrected chi connectivity index (χ4v) is 2.49. The van der Waals surface area contributed by atoms with Crippen molar-refractivity contribution in [1.29, 1.82) is 0 Å². The summed E-state index contributed by atoms with van der Waals surface area (Å²) in [6.45, 7) is 1.39. The van der Waals surface area contributed by atoms with Gasteiger partial charge < -0.3 is 9.64 Å². The smallest absolute Gasteiger partial charge is 0.254 e. The molecule has 1 amide bonds. The van der Waals surface area contributed by atoms with Crippen LogP contribution in [0.5, 0.6) is 0 Å². The third kappa shape index (κ3) is 3.13. The summed E-state index contributed by atoms with van der Waals surface area (Å²) in [5.74, 6) is -0.0897. The first-order valence-electron chi connectivity index (χ1n) is 5.76. The van der Waals surface area contributed by atoms with Crippen LogP contribution in [0.3, 0.4) is 0 Å². The Bertz CT molecular complexity index is 427. The van der Waals surface area contributed by atoms with Gasteiger partial charge in [0.05, 0.1) is 0 Å². The average Bonchev–Trinajstić information content (AvgIpc) is 2.37. The molecule has 0 atom stereocenters. The quantitative estimate of drug-likeness (QED) is 0.786. The van der Waals surface area contributed by atoms with E-state index in [4.69, 9.17) is 27.9 Å². The second kappa shape index (κ2) is 5.87. The Morgan fingerprint density at radius 2 is 1.89 bits per heavy atom. The number of rotatable bonds is 2. The lowest BCUT2D eigenvalue weighted by molar-refractivity contribution is 0.0362. The van der Waals surface area contributed by atoms with Crippen LogP contribution in [0.4, 0.5) is 0 Å². The minimum atomic E-state index is -0.0897. The third-order valence-electron chi connectivity index (χ3n) is 3.07. The minimum absolute atomic E-state index is 0.0897. The molecule has 1 aliphatic heterocycles. The molecule has 0 aromatic carbocycles. The molecule has 6 heteroatoms. The number of hydrogen-bond acceptors (Lipinski definition) is 3. The fraction of sp³-hybridized carbons (Fsp3) is 0.500. The summed E-state index contributed by atoms with van der Waals surface area (Å²) in [6, 6.07) is 3.27. The zero-order chi connectivity index (χ0) is 13.1. The molecular weight excluding hydrogens is 275 g/mol. The zero-order valence-corrected chi connectivity index (χ0v) is 11.5. The molecule has 18 heavy (non-hydrogen) atoms. The number of halogens is 2. The summed E-state index contributed by atoms with van der Waals surface area (Å²) in [5, 5.41) is 0.456. The number of pyridine rings is 1. The number of carbonyl (C=O) groups is 1. The lowest BCUT2D eigenvalue weighted by atomic mass is 10.1. The van der Waals surface area contributed by atoms with Gasteiger partial charge in [0.25, 0.3) is 5.91 Å². The van der Waals surface area contributed by atoms with Gasteiger partial charge in [0.1, 0.15) is 10.3 Å². The molecule has 0 aliphatic carbocycles. The van der Waals surface area contributed by atoms with Gasteiger partial charge in [0.2, 0.25) is 0 Å². The standard InChI is InChI=1S/C12H14Cl2N2O2/c1-16(9-2-4-18-5-3-9)12(17)8-6-10(13)15-11(14)7-8/h6-7,9H,2-5H2,1H3.